The van der Waals surface area contributed by atoms with Crippen LogP contribution in [0.4, 0.5) is 0 Å². The number of benzene rings is 2. The maximum absolute atomic E-state index is 11.8. The van der Waals surface area contributed by atoms with Crippen LogP contribution < -0.4 is 5.56 Å². The molecular formula is C25H26ClNO2. The fraction of sp³-hybridized carbons (Fsp3) is 0.320. The Morgan fingerprint density at radius 3 is 2.45 bits per heavy atom. The Bertz CT molecular complexity index is 990. The van der Waals surface area contributed by atoms with Crippen molar-refractivity contribution in [1.29, 1.82) is 0 Å². The van der Waals surface area contributed by atoms with E-state index in [1.54, 1.807) is 6.07 Å². The molecule has 0 spiro atoms. The number of aromatic amines is 1. The molecular weight excluding hydrogens is 382 g/mol. The number of nitrogens with one attached hydrogen (secondary N) is 1. The van der Waals surface area contributed by atoms with Crippen molar-refractivity contribution in [2.45, 2.75) is 43.6 Å². The summed E-state index contributed by atoms with van der Waals surface area (Å²) in [6.45, 7) is 3.01. The number of aromatic nitrogens is 1. The highest BCUT2D eigenvalue weighted by Crippen LogP contribution is 2.50. The first kappa shape index (κ1) is 19.9. The summed E-state index contributed by atoms with van der Waals surface area (Å²) in [6, 6.07) is 22.1. The molecule has 1 aliphatic rings. The molecule has 4 rings (SSSR count). The second-order valence-electron chi connectivity index (χ2n) is 7.92. The highest BCUT2D eigenvalue weighted by molar-refractivity contribution is 6.31. The predicted molar refractivity (Wildman–Crippen MR) is 118 cm³/mol. The van der Waals surface area contributed by atoms with Gasteiger partial charge < -0.3 is 9.72 Å². The van der Waals surface area contributed by atoms with Gasteiger partial charge in [-0.05, 0) is 42.0 Å². The maximum Gasteiger partial charge on any atom is 0.247 e. The SMILES string of the molecule is CC(c1ccccc1)(c1ccccc1Cl)C(c1ccc(=O)[nH]c1)[C@@H]1CCCCO1. The zero-order valence-electron chi connectivity index (χ0n) is 16.6. The van der Waals surface area contributed by atoms with Gasteiger partial charge in [-0.25, -0.2) is 0 Å². The molecule has 1 aliphatic heterocycles. The molecule has 2 unspecified atom stereocenters. The molecule has 0 bridgehead atoms. The Morgan fingerprint density at radius 2 is 1.79 bits per heavy atom. The van der Waals surface area contributed by atoms with Crippen molar-refractivity contribution in [3.63, 3.8) is 0 Å². The second-order valence-corrected chi connectivity index (χ2v) is 8.32. The first-order valence-electron chi connectivity index (χ1n) is 10.2. The molecule has 0 radical (unpaired) electrons. The monoisotopic (exact) mass is 407 g/mol. The normalized spacial score (nSPS) is 20.0. The van der Waals surface area contributed by atoms with Crippen molar-refractivity contribution in [3.05, 3.63) is 105 Å². The van der Waals surface area contributed by atoms with Gasteiger partial charge in [0.25, 0.3) is 0 Å². The highest BCUT2D eigenvalue weighted by atomic mass is 35.5. The van der Waals surface area contributed by atoms with Crippen molar-refractivity contribution < 1.29 is 4.74 Å². The maximum atomic E-state index is 11.8. The number of pyridine rings is 1. The summed E-state index contributed by atoms with van der Waals surface area (Å²) < 4.78 is 6.32. The molecule has 1 saturated heterocycles. The molecule has 29 heavy (non-hydrogen) atoms. The Labute approximate surface area is 176 Å². The zero-order chi connectivity index (χ0) is 20.3. The number of ether oxygens (including phenoxy) is 1. The van der Waals surface area contributed by atoms with Crippen molar-refractivity contribution in [1.82, 2.24) is 4.98 Å². The van der Waals surface area contributed by atoms with Crippen LogP contribution in [0.2, 0.25) is 5.02 Å². The number of hydrogen-bond donors (Lipinski definition) is 1. The summed E-state index contributed by atoms with van der Waals surface area (Å²) in [5, 5.41) is 0.740. The van der Waals surface area contributed by atoms with Crippen LogP contribution in [0.3, 0.4) is 0 Å². The van der Waals surface area contributed by atoms with Gasteiger partial charge in [0.15, 0.2) is 0 Å². The van der Waals surface area contributed by atoms with E-state index in [4.69, 9.17) is 16.3 Å². The van der Waals surface area contributed by atoms with Gasteiger partial charge in [0.1, 0.15) is 0 Å². The van der Waals surface area contributed by atoms with E-state index in [0.29, 0.717) is 0 Å². The van der Waals surface area contributed by atoms with E-state index in [-0.39, 0.29) is 17.6 Å². The van der Waals surface area contributed by atoms with Crippen molar-refractivity contribution in [2.24, 2.45) is 0 Å². The summed E-state index contributed by atoms with van der Waals surface area (Å²) in [5.74, 6) is 0.00181. The van der Waals surface area contributed by atoms with Gasteiger partial charge in [-0.3, -0.25) is 4.79 Å². The van der Waals surface area contributed by atoms with Gasteiger partial charge in [-0.1, -0.05) is 73.1 Å². The zero-order valence-corrected chi connectivity index (χ0v) is 17.4. The Hall–Kier alpha value is -2.36. The molecule has 2 heterocycles. The fourth-order valence-electron chi connectivity index (χ4n) is 4.73. The summed E-state index contributed by atoms with van der Waals surface area (Å²) in [5.41, 5.74) is 2.77. The fourth-order valence-corrected chi connectivity index (χ4v) is 5.07. The lowest BCUT2D eigenvalue weighted by molar-refractivity contribution is -0.0133. The molecule has 3 nitrogen and oxygen atoms in total. The lowest BCUT2D eigenvalue weighted by atomic mass is 9.62. The predicted octanol–water partition coefficient (Wildman–Crippen LogP) is 5.69. The molecule has 1 aromatic heterocycles. The highest BCUT2D eigenvalue weighted by Gasteiger charge is 2.45. The topological polar surface area (TPSA) is 42.1 Å². The van der Waals surface area contributed by atoms with E-state index in [1.807, 2.05) is 36.5 Å². The summed E-state index contributed by atoms with van der Waals surface area (Å²) >= 11 is 6.76. The lowest BCUT2D eigenvalue weighted by Gasteiger charge is -2.44. The largest absolute Gasteiger partial charge is 0.378 e. The molecule has 2 aromatic carbocycles. The summed E-state index contributed by atoms with van der Waals surface area (Å²) in [4.78, 5) is 14.6. The van der Waals surface area contributed by atoms with Crippen LogP contribution >= 0.6 is 11.6 Å². The number of rotatable bonds is 5. The van der Waals surface area contributed by atoms with Crippen molar-refractivity contribution >= 4 is 11.6 Å². The van der Waals surface area contributed by atoms with E-state index < -0.39 is 5.41 Å². The Kier molecular flexibility index (Phi) is 5.89. The minimum Gasteiger partial charge on any atom is -0.378 e. The molecule has 3 atom stereocenters. The second kappa shape index (κ2) is 8.56. The lowest BCUT2D eigenvalue weighted by Crippen LogP contribution is -2.41. The van der Waals surface area contributed by atoms with Crippen LogP contribution in [0.15, 0.2) is 77.7 Å². The van der Waals surface area contributed by atoms with E-state index in [1.165, 1.54) is 5.56 Å². The van der Waals surface area contributed by atoms with Crippen LogP contribution in [0.1, 0.15) is 48.8 Å². The van der Waals surface area contributed by atoms with Crippen LogP contribution in [-0.4, -0.2) is 17.7 Å². The molecule has 3 aromatic rings. The molecule has 1 N–H and O–H groups in total. The molecule has 0 amide bonds. The van der Waals surface area contributed by atoms with Crippen LogP contribution in [0.25, 0.3) is 0 Å². The average molecular weight is 408 g/mol. The van der Waals surface area contributed by atoms with Gasteiger partial charge in [0, 0.05) is 35.2 Å². The number of hydrogen-bond acceptors (Lipinski definition) is 2. The molecule has 0 saturated carbocycles. The third-order valence-electron chi connectivity index (χ3n) is 6.18. The standard InChI is InChI=1S/C25H26ClNO2/c1-25(19-9-3-2-4-10-19,20-11-5-6-12-21(20)26)24(22-13-7-8-16-29-22)18-14-15-23(28)27-17-18/h2-6,9-12,14-15,17,22,24H,7-8,13,16H2,1H3,(H,27,28)/t22-,24?,25?/m0/s1. The first-order chi connectivity index (χ1) is 14.1. The molecule has 4 heteroatoms. The van der Waals surface area contributed by atoms with Crippen LogP contribution in [0.5, 0.6) is 0 Å². The van der Waals surface area contributed by atoms with Crippen LogP contribution in [0, 0.1) is 0 Å². The average Bonchev–Trinajstić information content (AvgIpc) is 2.77. The van der Waals surface area contributed by atoms with Crippen LogP contribution in [-0.2, 0) is 10.2 Å². The minimum atomic E-state index is -0.431. The summed E-state index contributed by atoms with van der Waals surface area (Å²) in [7, 11) is 0. The number of halogens is 1. The quantitative estimate of drug-likeness (QED) is 0.590. The van der Waals surface area contributed by atoms with E-state index in [9.17, 15) is 4.79 Å². The van der Waals surface area contributed by atoms with Gasteiger partial charge in [0.2, 0.25) is 5.56 Å². The summed E-state index contributed by atoms with van der Waals surface area (Å²) in [6.07, 6.45) is 5.08. The van der Waals surface area contributed by atoms with E-state index in [0.717, 1.165) is 42.0 Å². The smallest absolute Gasteiger partial charge is 0.247 e. The molecule has 1 fully saturated rings. The third kappa shape index (κ3) is 3.90. The van der Waals surface area contributed by atoms with E-state index >= 15 is 0 Å². The van der Waals surface area contributed by atoms with Gasteiger partial charge in [-0.2, -0.15) is 0 Å². The Balaban J connectivity index is 1.96. The first-order valence-corrected chi connectivity index (χ1v) is 10.6. The Morgan fingerprint density at radius 1 is 1.03 bits per heavy atom. The van der Waals surface area contributed by atoms with Gasteiger partial charge in [-0.15, -0.1) is 0 Å². The number of H-pyrrole nitrogens is 1. The minimum absolute atomic E-state index is 0.00181. The van der Waals surface area contributed by atoms with Crippen molar-refractivity contribution in [2.75, 3.05) is 6.61 Å². The van der Waals surface area contributed by atoms with E-state index in [2.05, 4.69) is 42.2 Å². The van der Waals surface area contributed by atoms with Gasteiger partial charge >= 0.3 is 0 Å². The van der Waals surface area contributed by atoms with Crippen molar-refractivity contribution in [3.8, 4) is 0 Å². The van der Waals surface area contributed by atoms with Gasteiger partial charge in [0.05, 0.1) is 6.10 Å². The molecule has 0 aliphatic carbocycles. The third-order valence-corrected chi connectivity index (χ3v) is 6.51. The molecule has 150 valence electrons.